The fourth-order valence-electron chi connectivity index (χ4n) is 3.23. The van der Waals surface area contributed by atoms with Crippen LogP contribution in [0.3, 0.4) is 0 Å². The Morgan fingerprint density at radius 3 is 2.81 bits per heavy atom. The van der Waals surface area contributed by atoms with Gasteiger partial charge in [-0.05, 0) is 35.7 Å². The number of rotatable bonds is 5. The van der Waals surface area contributed by atoms with E-state index >= 15 is 0 Å². The second-order valence-corrected chi connectivity index (χ2v) is 7.10. The summed E-state index contributed by atoms with van der Waals surface area (Å²) in [6.07, 6.45) is 0.883. The molecule has 3 aromatic rings. The van der Waals surface area contributed by atoms with Gasteiger partial charge in [-0.15, -0.1) is 11.3 Å². The van der Waals surface area contributed by atoms with E-state index in [2.05, 4.69) is 17.1 Å². The van der Waals surface area contributed by atoms with Crippen LogP contribution in [0.25, 0.3) is 0 Å². The molecule has 0 bridgehead atoms. The molecule has 4 rings (SSSR count). The van der Waals surface area contributed by atoms with Crippen LogP contribution < -0.4 is 9.47 Å². The van der Waals surface area contributed by atoms with Crippen molar-refractivity contribution >= 4 is 17.2 Å². The molecule has 1 aromatic heterocycles. The number of fused-ring (bicyclic) bond motifs is 1. The lowest BCUT2D eigenvalue weighted by Gasteiger charge is -2.29. The van der Waals surface area contributed by atoms with E-state index in [1.807, 2.05) is 22.4 Å². The molecule has 0 fully saturated rings. The van der Waals surface area contributed by atoms with Crippen molar-refractivity contribution in [2.45, 2.75) is 19.6 Å². The number of carbonyl (C=O) groups is 1. The first kappa shape index (κ1) is 17.5. The van der Waals surface area contributed by atoms with Gasteiger partial charge in [0.2, 0.25) is 0 Å². The minimum absolute atomic E-state index is 0.00820. The van der Waals surface area contributed by atoms with Crippen LogP contribution in [0, 0.1) is 0 Å². The average molecular weight is 380 g/mol. The maximum Gasteiger partial charge on any atom is 0.254 e. The minimum atomic E-state index is 0.00820. The highest BCUT2D eigenvalue weighted by Crippen LogP contribution is 2.30. The van der Waals surface area contributed by atoms with Crippen LogP contribution in [0.4, 0.5) is 0 Å². The van der Waals surface area contributed by atoms with Crippen molar-refractivity contribution in [3.63, 3.8) is 0 Å². The van der Waals surface area contributed by atoms with Gasteiger partial charge in [0, 0.05) is 24.0 Å². The van der Waals surface area contributed by atoms with Gasteiger partial charge in [0.15, 0.2) is 11.5 Å². The summed E-state index contributed by atoms with van der Waals surface area (Å²) in [5.74, 6) is 1.16. The molecule has 6 heteroatoms. The number of benzene rings is 2. The summed E-state index contributed by atoms with van der Waals surface area (Å²) >= 11 is 1.53. The lowest BCUT2D eigenvalue weighted by Crippen LogP contribution is -2.35. The molecule has 0 spiro atoms. The van der Waals surface area contributed by atoms with Crippen molar-refractivity contribution in [2.75, 3.05) is 13.7 Å². The fourth-order valence-corrected chi connectivity index (χ4v) is 3.78. The lowest BCUT2D eigenvalue weighted by atomic mass is 9.99. The van der Waals surface area contributed by atoms with Gasteiger partial charge >= 0.3 is 0 Å². The van der Waals surface area contributed by atoms with Gasteiger partial charge in [-0.2, -0.15) is 0 Å². The van der Waals surface area contributed by atoms with Gasteiger partial charge in [-0.25, -0.2) is 4.98 Å². The molecule has 2 heterocycles. The fraction of sp³-hybridized carbons (Fsp3) is 0.238. The molecular formula is C21H20N2O3S. The van der Waals surface area contributed by atoms with Crippen LogP contribution in [0.5, 0.6) is 11.5 Å². The Hall–Kier alpha value is -2.86. The highest BCUT2D eigenvalue weighted by Gasteiger charge is 2.22. The summed E-state index contributed by atoms with van der Waals surface area (Å²) in [5, 5.41) is 1.94. The molecule has 0 aliphatic carbocycles. The first-order valence-electron chi connectivity index (χ1n) is 8.78. The zero-order valence-corrected chi connectivity index (χ0v) is 15.9. The van der Waals surface area contributed by atoms with Crippen LogP contribution >= 0.6 is 11.3 Å². The summed E-state index contributed by atoms with van der Waals surface area (Å²) < 4.78 is 11.2. The van der Waals surface area contributed by atoms with Crippen LogP contribution in [-0.4, -0.2) is 29.4 Å². The van der Waals surface area contributed by atoms with Gasteiger partial charge in [-0.3, -0.25) is 4.79 Å². The van der Waals surface area contributed by atoms with E-state index < -0.39 is 0 Å². The molecule has 5 nitrogen and oxygen atoms in total. The zero-order valence-electron chi connectivity index (χ0n) is 15.1. The van der Waals surface area contributed by atoms with Crippen molar-refractivity contribution in [2.24, 2.45) is 0 Å². The Bertz CT molecular complexity index is 940. The maximum absolute atomic E-state index is 13.0. The average Bonchev–Trinajstić information content (AvgIpc) is 3.25. The summed E-state index contributed by atoms with van der Waals surface area (Å²) in [5.41, 5.74) is 5.78. The molecule has 0 N–H and O–H groups in total. The molecule has 27 heavy (non-hydrogen) atoms. The number of nitrogens with zero attached hydrogens (tertiary/aromatic N) is 2. The van der Waals surface area contributed by atoms with Gasteiger partial charge in [0.05, 0.1) is 18.3 Å². The predicted octanol–water partition coefficient (Wildman–Crippen LogP) is 3.93. The number of aromatic nitrogens is 1. The maximum atomic E-state index is 13.0. The van der Waals surface area contributed by atoms with Crippen LogP contribution in [0.2, 0.25) is 0 Å². The topological polar surface area (TPSA) is 51.7 Å². The van der Waals surface area contributed by atoms with E-state index in [0.29, 0.717) is 30.2 Å². The molecule has 2 aromatic carbocycles. The molecule has 1 aliphatic heterocycles. The third-order valence-corrected chi connectivity index (χ3v) is 5.32. The van der Waals surface area contributed by atoms with E-state index in [1.54, 1.807) is 30.8 Å². The summed E-state index contributed by atoms with van der Waals surface area (Å²) in [7, 11) is 1.58. The smallest absolute Gasteiger partial charge is 0.254 e. The number of carbonyl (C=O) groups excluding carboxylic acids is 1. The van der Waals surface area contributed by atoms with Crippen LogP contribution in [0.1, 0.15) is 27.2 Å². The molecule has 1 aliphatic rings. The number of hydrogen-bond acceptors (Lipinski definition) is 5. The van der Waals surface area contributed by atoms with Crippen LogP contribution in [0.15, 0.2) is 53.4 Å². The van der Waals surface area contributed by atoms with Crippen molar-refractivity contribution in [1.29, 1.82) is 0 Å². The quantitative estimate of drug-likeness (QED) is 0.673. The predicted molar refractivity (Wildman–Crippen MR) is 104 cm³/mol. The Balaban J connectivity index is 1.49. The Kier molecular flexibility index (Phi) is 5.07. The van der Waals surface area contributed by atoms with Crippen molar-refractivity contribution in [3.8, 4) is 11.5 Å². The van der Waals surface area contributed by atoms with E-state index in [-0.39, 0.29) is 5.91 Å². The third-order valence-electron chi connectivity index (χ3n) is 4.69. The number of hydrogen-bond donors (Lipinski definition) is 0. The van der Waals surface area contributed by atoms with Gasteiger partial charge in [0.1, 0.15) is 6.61 Å². The minimum Gasteiger partial charge on any atom is -0.493 e. The number of methoxy groups -OCH3 is 1. The highest BCUT2D eigenvalue weighted by atomic mass is 32.1. The first-order valence-corrected chi connectivity index (χ1v) is 9.73. The van der Waals surface area contributed by atoms with E-state index in [1.165, 1.54) is 22.5 Å². The summed E-state index contributed by atoms with van der Waals surface area (Å²) in [6.45, 7) is 1.73. The van der Waals surface area contributed by atoms with Crippen molar-refractivity contribution < 1.29 is 14.3 Å². The van der Waals surface area contributed by atoms with Gasteiger partial charge < -0.3 is 14.4 Å². The van der Waals surface area contributed by atoms with Gasteiger partial charge in [-0.1, -0.05) is 24.3 Å². The Morgan fingerprint density at radius 2 is 2.04 bits per heavy atom. The van der Waals surface area contributed by atoms with Crippen LogP contribution in [-0.2, 0) is 19.6 Å². The molecular weight excluding hydrogens is 360 g/mol. The SMILES string of the molecule is COc1cc(C(=O)N2CCc3ccccc3C2)ccc1OCc1cscn1. The van der Waals surface area contributed by atoms with Crippen molar-refractivity contribution in [3.05, 3.63) is 75.7 Å². The molecule has 0 saturated heterocycles. The number of ether oxygens (including phenoxy) is 2. The van der Waals surface area contributed by atoms with Gasteiger partial charge in [0.25, 0.3) is 5.91 Å². The molecule has 0 atom stereocenters. The Morgan fingerprint density at radius 1 is 1.19 bits per heavy atom. The largest absolute Gasteiger partial charge is 0.493 e. The molecule has 0 saturated carbocycles. The number of amides is 1. The van der Waals surface area contributed by atoms with E-state index in [9.17, 15) is 4.79 Å². The Labute approximate surface area is 162 Å². The molecule has 0 radical (unpaired) electrons. The summed E-state index contributed by atoms with van der Waals surface area (Å²) in [6, 6.07) is 13.6. The highest BCUT2D eigenvalue weighted by molar-refractivity contribution is 7.07. The standard InChI is InChI=1S/C21H20N2O3S/c1-25-20-10-16(6-7-19(20)26-12-18-13-27-14-22-18)21(24)23-9-8-15-4-2-3-5-17(15)11-23/h2-7,10,13-14H,8-9,11-12H2,1H3. The number of thiazole rings is 1. The molecule has 0 unspecified atom stereocenters. The zero-order chi connectivity index (χ0) is 18.6. The lowest BCUT2D eigenvalue weighted by molar-refractivity contribution is 0.0734. The molecule has 138 valence electrons. The normalized spacial score (nSPS) is 13.1. The second kappa shape index (κ2) is 7.80. The van der Waals surface area contributed by atoms with Crippen molar-refractivity contribution in [1.82, 2.24) is 9.88 Å². The first-order chi connectivity index (χ1) is 13.2. The summed E-state index contributed by atoms with van der Waals surface area (Å²) in [4.78, 5) is 19.0. The third kappa shape index (κ3) is 3.80. The van der Waals surface area contributed by atoms with E-state index in [0.717, 1.165) is 18.7 Å². The van der Waals surface area contributed by atoms with E-state index in [4.69, 9.17) is 9.47 Å². The molecule has 1 amide bonds. The monoisotopic (exact) mass is 380 g/mol. The second-order valence-electron chi connectivity index (χ2n) is 6.38.